The number of nitrogens with zero attached hydrogens (tertiary/aromatic N) is 3. The molecule has 2 aromatic heterocycles. The number of pyridine rings is 1. The van der Waals surface area contributed by atoms with Gasteiger partial charge in [0.2, 0.25) is 0 Å². The van der Waals surface area contributed by atoms with E-state index in [1.54, 1.807) is 24.3 Å². The molecule has 0 aliphatic carbocycles. The molecule has 0 spiro atoms. The summed E-state index contributed by atoms with van der Waals surface area (Å²) in [6.45, 7) is 0. The Bertz CT molecular complexity index is 844. The van der Waals surface area contributed by atoms with Crippen molar-refractivity contribution >= 4 is 32.8 Å². The van der Waals surface area contributed by atoms with Crippen molar-refractivity contribution in [2.45, 2.75) is 4.90 Å². The van der Waals surface area contributed by atoms with Crippen LogP contribution in [0.3, 0.4) is 0 Å². The Hall–Kier alpha value is -1.92. The van der Waals surface area contributed by atoms with Gasteiger partial charge in [0.1, 0.15) is 11.8 Å². The van der Waals surface area contributed by atoms with Crippen LogP contribution in [-0.4, -0.2) is 22.4 Å². The molecule has 1 aromatic carbocycles. The van der Waals surface area contributed by atoms with Crippen molar-refractivity contribution < 1.29 is 8.42 Å². The van der Waals surface area contributed by atoms with E-state index < -0.39 is 10.0 Å². The van der Waals surface area contributed by atoms with Crippen LogP contribution in [0.25, 0.3) is 11.2 Å². The maximum atomic E-state index is 12.5. The Kier molecular flexibility index (Phi) is 2.76. The van der Waals surface area contributed by atoms with Crippen LogP contribution in [0, 0.1) is 0 Å². The molecular formula is C12H8ClN3O2S. The summed E-state index contributed by atoms with van der Waals surface area (Å²) in [5.41, 5.74) is 0.583. The Balaban J connectivity index is 2.29. The third-order valence-corrected chi connectivity index (χ3v) is 4.61. The van der Waals surface area contributed by atoms with Gasteiger partial charge in [0.05, 0.1) is 9.92 Å². The quantitative estimate of drug-likeness (QED) is 0.727. The van der Waals surface area contributed by atoms with Gasteiger partial charge in [-0.15, -0.1) is 0 Å². The van der Waals surface area contributed by atoms with Gasteiger partial charge in [-0.3, -0.25) is 0 Å². The molecule has 0 bridgehead atoms. The molecular weight excluding hydrogens is 286 g/mol. The lowest BCUT2D eigenvalue weighted by molar-refractivity contribution is 0.588. The average Bonchev–Trinajstić information content (AvgIpc) is 2.86. The number of hydrogen-bond acceptors (Lipinski definition) is 4. The summed E-state index contributed by atoms with van der Waals surface area (Å²) >= 11 is 5.96. The van der Waals surface area contributed by atoms with Crippen molar-refractivity contribution in [3.8, 4) is 0 Å². The van der Waals surface area contributed by atoms with Crippen molar-refractivity contribution in [1.82, 2.24) is 13.9 Å². The van der Waals surface area contributed by atoms with Gasteiger partial charge in [-0.2, -0.15) is 0 Å². The standard InChI is InChI=1S/C12H8ClN3O2S/c13-10-6-7-14-12-11(10)15-8-16(12)19(17,18)9-4-2-1-3-5-9/h1-8H. The number of aromatic nitrogens is 3. The number of rotatable bonds is 2. The predicted octanol–water partition coefficient (Wildman–Crippen LogP) is 2.32. The van der Waals surface area contributed by atoms with Crippen molar-refractivity contribution in [3.05, 3.63) is 53.9 Å². The first-order valence-electron chi connectivity index (χ1n) is 5.39. The highest BCUT2D eigenvalue weighted by Crippen LogP contribution is 2.23. The Labute approximate surface area is 114 Å². The van der Waals surface area contributed by atoms with E-state index in [0.29, 0.717) is 10.5 Å². The smallest absolute Gasteiger partial charge is 0.236 e. The zero-order chi connectivity index (χ0) is 13.5. The van der Waals surface area contributed by atoms with Gasteiger partial charge in [-0.05, 0) is 18.2 Å². The molecule has 0 atom stereocenters. The van der Waals surface area contributed by atoms with Crippen LogP contribution in [0.15, 0.2) is 53.8 Å². The fourth-order valence-corrected chi connectivity index (χ4v) is 3.20. The molecule has 0 aliphatic rings. The molecule has 0 fully saturated rings. The van der Waals surface area contributed by atoms with Gasteiger partial charge in [-0.1, -0.05) is 29.8 Å². The summed E-state index contributed by atoms with van der Waals surface area (Å²) in [6, 6.07) is 9.67. The van der Waals surface area contributed by atoms with Crippen LogP contribution < -0.4 is 0 Å². The molecule has 3 aromatic rings. The first-order chi connectivity index (χ1) is 9.10. The zero-order valence-corrected chi connectivity index (χ0v) is 11.1. The Morgan fingerprint density at radius 1 is 1.05 bits per heavy atom. The molecule has 0 unspecified atom stereocenters. The first kappa shape index (κ1) is 12.1. The molecule has 7 heteroatoms. The molecule has 3 rings (SSSR count). The van der Waals surface area contributed by atoms with E-state index in [0.717, 1.165) is 3.97 Å². The lowest BCUT2D eigenvalue weighted by atomic mass is 10.4. The van der Waals surface area contributed by atoms with E-state index in [9.17, 15) is 8.42 Å². The molecule has 0 radical (unpaired) electrons. The number of imidazole rings is 1. The first-order valence-corrected chi connectivity index (χ1v) is 7.21. The molecule has 0 N–H and O–H groups in total. The minimum absolute atomic E-state index is 0.177. The van der Waals surface area contributed by atoms with Gasteiger partial charge in [0, 0.05) is 6.20 Å². The largest absolute Gasteiger partial charge is 0.270 e. The normalized spacial score (nSPS) is 11.8. The summed E-state index contributed by atoms with van der Waals surface area (Å²) < 4.78 is 26.0. The highest BCUT2D eigenvalue weighted by molar-refractivity contribution is 7.90. The van der Waals surface area contributed by atoms with Crippen molar-refractivity contribution in [2.75, 3.05) is 0 Å². The topological polar surface area (TPSA) is 64.8 Å². The summed E-state index contributed by atoms with van der Waals surface area (Å²) in [4.78, 5) is 8.21. The van der Waals surface area contributed by atoms with E-state index in [1.807, 2.05) is 0 Å². The van der Waals surface area contributed by atoms with E-state index in [1.165, 1.54) is 24.7 Å². The fraction of sp³-hybridized carbons (Fsp3) is 0. The Morgan fingerprint density at radius 2 is 1.79 bits per heavy atom. The average molecular weight is 294 g/mol. The molecule has 5 nitrogen and oxygen atoms in total. The summed E-state index contributed by atoms with van der Waals surface area (Å²) in [5, 5.41) is 0.368. The maximum Gasteiger partial charge on any atom is 0.270 e. The minimum atomic E-state index is -3.71. The molecule has 19 heavy (non-hydrogen) atoms. The Morgan fingerprint density at radius 3 is 2.53 bits per heavy atom. The van der Waals surface area contributed by atoms with Gasteiger partial charge in [0.25, 0.3) is 10.0 Å². The van der Waals surface area contributed by atoms with E-state index in [4.69, 9.17) is 11.6 Å². The number of hydrogen-bond donors (Lipinski definition) is 0. The molecule has 0 saturated heterocycles. The third kappa shape index (κ3) is 1.89. The summed E-state index contributed by atoms with van der Waals surface area (Å²) in [6.07, 6.45) is 2.66. The second kappa shape index (κ2) is 4.32. The van der Waals surface area contributed by atoms with Crippen LogP contribution >= 0.6 is 11.6 Å². The number of fused-ring (bicyclic) bond motifs is 1. The molecule has 0 saturated carbocycles. The maximum absolute atomic E-state index is 12.5. The van der Waals surface area contributed by atoms with E-state index in [-0.39, 0.29) is 10.5 Å². The van der Waals surface area contributed by atoms with Crippen LogP contribution in [0.5, 0.6) is 0 Å². The van der Waals surface area contributed by atoms with Gasteiger partial charge in [0.15, 0.2) is 5.65 Å². The van der Waals surface area contributed by atoms with E-state index >= 15 is 0 Å². The van der Waals surface area contributed by atoms with Gasteiger partial charge in [-0.25, -0.2) is 22.4 Å². The number of benzene rings is 1. The molecule has 0 amide bonds. The second-order valence-electron chi connectivity index (χ2n) is 3.82. The van der Waals surface area contributed by atoms with Crippen molar-refractivity contribution in [1.29, 1.82) is 0 Å². The highest BCUT2D eigenvalue weighted by Gasteiger charge is 2.20. The third-order valence-electron chi connectivity index (χ3n) is 2.66. The second-order valence-corrected chi connectivity index (χ2v) is 6.05. The van der Waals surface area contributed by atoms with Crippen LogP contribution in [0.2, 0.25) is 5.02 Å². The molecule has 2 heterocycles. The van der Waals surface area contributed by atoms with Crippen LogP contribution in [-0.2, 0) is 10.0 Å². The predicted molar refractivity (Wildman–Crippen MR) is 71.6 cm³/mol. The fourth-order valence-electron chi connectivity index (χ4n) is 1.75. The van der Waals surface area contributed by atoms with Gasteiger partial charge >= 0.3 is 0 Å². The van der Waals surface area contributed by atoms with Gasteiger partial charge < -0.3 is 0 Å². The SMILES string of the molecule is O=S(=O)(c1ccccc1)n1cnc2c(Cl)ccnc21. The van der Waals surface area contributed by atoms with Crippen molar-refractivity contribution in [3.63, 3.8) is 0 Å². The zero-order valence-electron chi connectivity index (χ0n) is 9.56. The van der Waals surface area contributed by atoms with E-state index in [2.05, 4.69) is 9.97 Å². The summed E-state index contributed by atoms with van der Waals surface area (Å²) in [7, 11) is -3.71. The van der Waals surface area contributed by atoms with Crippen LogP contribution in [0.4, 0.5) is 0 Å². The van der Waals surface area contributed by atoms with Crippen LogP contribution in [0.1, 0.15) is 0 Å². The highest BCUT2D eigenvalue weighted by atomic mass is 35.5. The lowest BCUT2D eigenvalue weighted by Gasteiger charge is -2.05. The number of halogens is 1. The lowest BCUT2D eigenvalue weighted by Crippen LogP contribution is -2.12. The molecule has 96 valence electrons. The monoisotopic (exact) mass is 293 g/mol. The summed E-state index contributed by atoms with van der Waals surface area (Å²) in [5.74, 6) is 0. The molecule has 0 aliphatic heterocycles. The minimum Gasteiger partial charge on any atom is -0.236 e. The van der Waals surface area contributed by atoms with Crippen molar-refractivity contribution in [2.24, 2.45) is 0 Å².